The SMILES string of the molecule is COC(=O)NC1(C)CN(CC(=O)N(C)c2ccc(C(F)(F)F)cc2)N=C1c1ccc(Cl)cc1. The maximum absolute atomic E-state index is 12.8. The molecule has 0 fully saturated rings. The average Bonchev–Trinajstić information content (AvgIpc) is 3.08. The van der Waals surface area contributed by atoms with Crippen LogP contribution < -0.4 is 10.2 Å². The van der Waals surface area contributed by atoms with Crippen LogP contribution in [0.25, 0.3) is 0 Å². The van der Waals surface area contributed by atoms with E-state index in [-0.39, 0.29) is 13.1 Å². The number of alkyl carbamates (subject to hydrolysis) is 1. The Bertz CT molecular complexity index is 1060. The summed E-state index contributed by atoms with van der Waals surface area (Å²) in [5, 5.41) is 9.31. The van der Waals surface area contributed by atoms with Crippen molar-refractivity contribution in [2.24, 2.45) is 5.10 Å². The Morgan fingerprint density at radius 3 is 2.33 bits per heavy atom. The van der Waals surface area contributed by atoms with Crippen molar-refractivity contribution in [2.75, 3.05) is 32.1 Å². The quantitative estimate of drug-likeness (QED) is 0.694. The monoisotopic (exact) mass is 482 g/mol. The maximum Gasteiger partial charge on any atom is 0.416 e. The normalized spacial score (nSPS) is 18.0. The van der Waals surface area contributed by atoms with Gasteiger partial charge in [-0.1, -0.05) is 23.7 Å². The van der Waals surface area contributed by atoms with Crippen molar-refractivity contribution >= 4 is 35.0 Å². The molecule has 0 radical (unpaired) electrons. The van der Waals surface area contributed by atoms with E-state index in [9.17, 15) is 22.8 Å². The van der Waals surface area contributed by atoms with Gasteiger partial charge in [0.05, 0.1) is 24.9 Å². The van der Waals surface area contributed by atoms with E-state index < -0.39 is 29.3 Å². The standard InChI is InChI=1S/C22H22ClF3N4O3/c1-21(27-20(32)33-3)13-30(28-19(21)14-4-8-16(23)9-5-14)12-18(31)29(2)17-10-6-15(7-11-17)22(24,25)26/h4-11H,12-13H2,1-3H3,(H,27,32). The zero-order valence-corrected chi connectivity index (χ0v) is 18.9. The van der Waals surface area contributed by atoms with Crippen LogP contribution in [0.3, 0.4) is 0 Å². The van der Waals surface area contributed by atoms with Crippen molar-refractivity contribution in [3.63, 3.8) is 0 Å². The molecule has 1 atom stereocenters. The number of likely N-dealkylation sites (N-methyl/N-ethyl adjacent to an activating group) is 1. The molecular weight excluding hydrogens is 461 g/mol. The number of ether oxygens (including phenoxy) is 1. The van der Waals surface area contributed by atoms with Crippen molar-refractivity contribution in [1.82, 2.24) is 10.3 Å². The average molecular weight is 483 g/mol. The van der Waals surface area contributed by atoms with E-state index in [1.165, 1.54) is 36.2 Å². The summed E-state index contributed by atoms with van der Waals surface area (Å²) in [6.45, 7) is 1.76. The molecule has 0 saturated carbocycles. The molecule has 3 rings (SSSR count). The number of amides is 2. The lowest BCUT2D eigenvalue weighted by Crippen LogP contribution is -2.54. The van der Waals surface area contributed by atoms with Crippen LogP contribution in [0, 0.1) is 0 Å². The van der Waals surface area contributed by atoms with E-state index in [0.717, 1.165) is 12.1 Å². The second-order valence-electron chi connectivity index (χ2n) is 7.72. The summed E-state index contributed by atoms with van der Waals surface area (Å²) < 4.78 is 43.1. The number of nitrogens with zero attached hydrogens (tertiary/aromatic N) is 3. The number of alkyl halides is 3. The lowest BCUT2D eigenvalue weighted by atomic mass is 9.91. The van der Waals surface area contributed by atoms with Gasteiger partial charge in [0.25, 0.3) is 0 Å². The van der Waals surface area contributed by atoms with Gasteiger partial charge >= 0.3 is 12.3 Å². The summed E-state index contributed by atoms with van der Waals surface area (Å²) >= 11 is 5.97. The first-order valence-corrected chi connectivity index (χ1v) is 10.2. The molecule has 2 aromatic rings. The fourth-order valence-electron chi connectivity index (χ4n) is 3.46. The van der Waals surface area contributed by atoms with E-state index in [4.69, 9.17) is 16.3 Å². The Balaban J connectivity index is 1.80. The Hall–Kier alpha value is -3.27. The molecule has 0 aromatic heterocycles. The highest BCUT2D eigenvalue weighted by Crippen LogP contribution is 2.30. The number of anilines is 1. The van der Waals surface area contributed by atoms with E-state index in [0.29, 0.717) is 22.0 Å². The third-order valence-electron chi connectivity index (χ3n) is 5.22. The van der Waals surface area contributed by atoms with Gasteiger partial charge in [-0.2, -0.15) is 18.3 Å². The van der Waals surface area contributed by atoms with Crippen LogP contribution in [0.1, 0.15) is 18.1 Å². The van der Waals surface area contributed by atoms with Crippen LogP contribution in [0.2, 0.25) is 5.02 Å². The van der Waals surface area contributed by atoms with Crippen LogP contribution in [0.15, 0.2) is 53.6 Å². The highest BCUT2D eigenvalue weighted by molar-refractivity contribution is 6.30. The molecule has 1 heterocycles. The summed E-state index contributed by atoms with van der Waals surface area (Å²) in [5.41, 5.74) is -0.245. The fourth-order valence-corrected chi connectivity index (χ4v) is 3.58. The second kappa shape index (κ2) is 9.30. The molecule has 11 heteroatoms. The van der Waals surface area contributed by atoms with Gasteiger partial charge in [0, 0.05) is 23.3 Å². The number of rotatable bonds is 5. The van der Waals surface area contributed by atoms with Gasteiger partial charge in [-0.25, -0.2) is 4.79 Å². The molecule has 2 amide bonds. The number of carbonyl (C=O) groups excluding carboxylic acids is 2. The van der Waals surface area contributed by atoms with Crippen molar-refractivity contribution in [3.8, 4) is 0 Å². The van der Waals surface area contributed by atoms with Gasteiger partial charge in [0.1, 0.15) is 12.1 Å². The molecule has 1 aliphatic rings. The lowest BCUT2D eigenvalue weighted by Gasteiger charge is -2.28. The molecule has 7 nitrogen and oxygen atoms in total. The minimum atomic E-state index is -4.46. The third kappa shape index (κ3) is 5.57. The maximum atomic E-state index is 12.8. The van der Waals surface area contributed by atoms with Crippen LogP contribution in [-0.4, -0.2) is 55.5 Å². The van der Waals surface area contributed by atoms with Crippen molar-refractivity contribution in [3.05, 3.63) is 64.7 Å². The number of methoxy groups -OCH3 is 1. The van der Waals surface area contributed by atoms with Gasteiger partial charge in [0.15, 0.2) is 0 Å². The highest BCUT2D eigenvalue weighted by Gasteiger charge is 2.41. The fraction of sp³-hybridized carbons (Fsp3) is 0.318. The Kier molecular flexibility index (Phi) is 6.87. The number of benzene rings is 2. The number of halogens is 4. The predicted molar refractivity (Wildman–Crippen MR) is 118 cm³/mol. The van der Waals surface area contributed by atoms with E-state index in [2.05, 4.69) is 10.4 Å². The molecule has 0 saturated heterocycles. The number of nitrogens with one attached hydrogen (secondary N) is 1. The number of hydrazone groups is 1. The van der Waals surface area contributed by atoms with Gasteiger partial charge in [0.2, 0.25) is 5.91 Å². The molecule has 176 valence electrons. The van der Waals surface area contributed by atoms with E-state index in [1.807, 2.05) is 0 Å². The molecule has 0 aliphatic carbocycles. The zero-order valence-electron chi connectivity index (χ0n) is 18.1. The molecule has 33 heavy (non-hydrogen) atoms. The molecule has 1 unspecified atom stereocenters. The first-order valence-electron chi connectivity index (χ1n) is 9.83. The second-order valence-corrected chi connectivity index (χ2v) is 8.16. The summed E-state index contributed by atoms with van der Waals surface area (Å²) in [4.78, 5) is 26.0. The Labute approximate surface area is 193 Å². The predicted octanol–water partition coefficient (Wildman–Crippen LogP) is 4.16. The Morgan fingerprint density at radius 2 is 1.79 bits per heavy atom. The van der Waals surface area contributed by atoms with Gasteiger partial charge in [-0.3, -0.25) is 9.80 Å². The summed E-state index contributed by atoms with van der Waals surface area (Å²) in [6.07, 6.45) is -5.12. The van der Waals surface area contributed by atoms with Gasteiger partial charge in [-0.05, 0) is 43.3 Å². The van der Waals surface area contributed by atoms with Gasteiger partial charge < -0.3 is 15.0 Å². The minimum absolute atomic E-state index is 0.160. The largest absolute Gasteiger partial charge is 0.453 e. The Morgan fingerprint density at radius 1 is 1.18 bits per heavy atom. The third-order valence-corrected chi connectivity index (χ3v) is 5.47. The highest BCUT2D eigenvalue weighted by atomic mass is 35.5. The topological polar surface area (TPSA) is 74.2 Å². The number of hydrogen-bond donors (Lipinski definition) is 1. The smallest absolute Gasteiger partial charge is 0.416 e. The molecule has 0 bridgehead atoms. The zero-order chi connectivity index (χ0) is 24.4. The molecule has 1 aliphatic heterocycles. The van der Waals surface area contributed by atoms with E-state index in [1.54, 1.807) is 31.2 Å². The van der Waals surface area contributed by atoms with E-state index >= 15 is 0 Å². The first-order chi connectivity index (χ1) is 15.4. The minimum Gasteiger partial charge on any atom is -0.453 e. The first kappa shape index (κ1) is 24.4. The summed E-state index contributed by atoms with van der Waals surface area (Å²) in [5.74, 6) is -0.392. The molecular formula is C22H22ClF3N4O3. The summed E-state index contributed by atoms with van der Waals surface area (Å²) in [6, 6.07) is 11.2. The van der Waals surface area contributed by atoms with Crippen LogP contribution in [0.5, 0.6) is 0 Å². The van der Waals surface area contributed by atoms with Crippen LogP contribution in [-0.2, 0) is 15.7 Å². The summed E-state index contributed by atoms with van der Waals surface area (Å²) in [7, 11) is 2.71. The van der Waals surface area contributed by atoms with Crippen molar-refractivity contribution in [1.29, 1.82) is 0 Å². The van der Waals surface area contributed by atoms with Crippen molar-refractivity contribution < 1.29 is 27.5 Å². The lowest BCUT2D eigenvalue weighted by molar-refractivity contribution is -0.137. The molecule has 0 spiro atoms. The van der Waals surface area contributed by atoms with Crippen LogP contribution >= 0.6 is 11.6 Å². The van der Waals surface area contributed by atoms with Crippen molar-refractivity contribution in [2.45, 2.75) is 18.6 Å². The number of hydrogen-bond acceptors (Lipinski definition) is 5. The molecule has 2 aromatic carbocycles. The number of carbonyl (C=O) groups is 2. The van der Waals surface area contributed by atoms with Crippen LogP contribution in [0.4, 0.5) is 23.7 Å². The van der Waals surface area contributed by atoms with Gasteiger partial charge in [-0.15, -0.1) is 0 Å². The molecule has 1 N–H and O–H groups in total.